The molecule has 7 heteroatoms. The maximum Gasteiger partial charge on any atom is 0.247 e. The van der Waals surface area contributed by atoms with Crippen molar-refractivity contribution in [2.75, 3.05) is 32.0 Å². The van der Waals surface area contributed by atoms with E-state index < -0.39 is 10.0 Å². The molecule has 0 aromatic heterocycles. The van der Waals surface area contributed by atoms with Crippen molar-refractivity contribution < 1.29 is 18.3 Å². The number of anilines is 1. The lowest BCUT2D eigenvalue weighted by Gasteiger charge is -2.25. The minimum absolute atomic E-state index is 0.00206. The third kappa shape index (κ3) is 3.20. The highest BCUT2D eigenvalue weighted by molar-refractivity contribution is 7.89. The number of nitrogens with two attached hydrogens (primary N) is 1. The van der Waals surface area contributed by atoms with Crippen LogP contribution in [0.3, 0.4) is 0 Å². The van der Waals surface area contributed by atoms with Crippen molar-refractivity contribution in [2.24, 2.45) is 0 Å². The first-order chi connectivity index (χ1) is 10.0. The Balaban J connectivity index is 2.52. The Morgan fingerprint density at radius 1 is 1.48 bits per heavy atom. The maximum atomic E-state index is 12.8. The van der Waals surface area contributed by atoms with Gasteiger partial charge in [-0.1, -0.05) is 6.08 Å². The number of aliphatic hydroxyl groups is 1. The second-order valence-corrected chi connectivity index (χ2v) is 6.74. The van der Waals surface area contributed by atoms with Crippen molar-refractivity contribution in [3.63, 3.8) is 0 Å². The number of rotatable bonds is 6. The highest BCUT2D eigenvalue weighted by atomic mass is 32.2. The van der Waals surface area contributed by atoms with Crippen LogP contribution >= 0.6 is 0 Å². The van der Waals surface area contributed by atoms with Gasteiger partial charge < -0.3 is 15.6 Å². The predicted octanol–water partition coefficient (Wildman–Crippen LogP) is 0.763. The van der Waals surface area contributed by atoms with Crippen LogP contribution in [0.15, 0.2) is 29.7 Å². The summed E-state index contributed by atoms with van der Waals surface area (Å²) in [6.07, 6.45) is 3.06. The van der Waals surface area contributed by atoms with Crippen LogP contribution in [0, 0.1) is 0 Å². The van der Waals surface area contributed by atoms with Crippen LogP contribution in [0.25, 0.3) is 0 Å². The smallest absolute Gasteiger partial charge is 0.247 e. The Labute approximate surface area is 124 Å². The predicted molar refractivity (Wildman–Crippen MR) is 80.7 cm³/mol. The summed E-state index contributed by atoms with van der Waals surface area (Å²) in [5.74, 6) is 0.377. The van der Waals surface area contributed by atoms with Gasteiger partial charge in [0.05, 0.1) is 13.2 Å². The fourth-order valence-corrected chi connectivity index (χ4v) is 3.98. The molecule has 0 saturated carbocycles. The summed E-state index contributed by atoms with van der Waals surface area (Å²) in [4.78, 5) is 0.0625. The van der Waals surface area contributed by atoms with Crippen LogP contribution in [-0.2, 0) is 16.4 Å². The summed E-state index contributed by atoms with van der Waals surface area (Å²) >= 11 is 0. The Hall–Kier alpha value is -1.57. The van der Waals surface area contributed by atoms with Crippen molar-refractivity contribution in [1.29, 1.82) is 0 Å². The summed E-state index contributed by atoms with van der Waals surface area (Å²) in [5.41, 5.74) is 7.02. The van der Waals surface area contributed by atoms with Crippen LogP contribution in [0.4, 0.5) is 5.69 Å². The standard InChI is InChI=1S/C14H20N2O4S/c1-2-5-16(6-7-17)21(18,19)13-10-12(15)9-11-4-3-8-20-14(11)13/h2,9-10,17H,1,3-8,15H2. The van der Waals surface area contributed by atoms with Crippen molar-refractivity contribution in [3.05, 3.63) is 30.4 Å². The van der Waals surface area contributed by atoms with E-state index in [0.717, 1.165) is 22.7 Å². The second kappa shape index (κ2) is 6.46. The SMILES string of the molecule is C=CCN(CCO)S(=O)(=O)c1cc(N)cc2c1OCCC2. The number of hydrogen-bond donors (Lipinski definition) is 2. The highest BCUT2D eigenvalue weighted by Gasteiger charge is 2.29. The molecule has 116 valence electrons. The summed E-state index contributed by atoms with van der Waals surface area (Å²) in [6.45, 7) is 3.89. The molecular formula is C14H20N2O4S. The van der Waals surface area contributed by atoms with Gasteiger partial charge in [-0.25, -0.2) is 8.42 Å². The lowest BCUT2D eigenvalue weighted by Crippen LogP contribution is -2.34. The molecule has 1 aliphatic rings. The minimum atomic E-state index is -3.79. The molecule has 0 spiro atoms. The molecule has 1 aromatic rings. The zero-order chi connectivity index (χ0) is 15.5. The fraction of sp³-hybridized carbons (Fsp3) is 0.429. The average Bonchev–Trinajstić information content (AvgIpc) is 2.46. The zero-order valence-electron chi connectivity index (χ0n) is 11.8. The Kier molecular flexibility index (Phi) is 4.87. The molecule has 0 unspecified atom stereocenters. The molecule has 1 aromatic carbocycles. The Morgan fingerprint density at radius 3 is 2.90 bits per heavy atom. The zero-order valence-corrected chi connectivity index (χ0v) is 12.6. The molecule has 0 saturated heterocycles. The normalized spacial score (nSPS) is 14.6. The van der Waals surface area contributed by atoms with Gasteiger partial charge in [0.25, 0.3) is 0 Å². The van der Waals surface area contributed by atoms with E-state index in [1.807, 2.05) is 0 Å². The fourth-order valence-electron chi connectivity index (χ4n) is 2.37. The van der Waals surface area contributed by atoms with E-state index in [1.54, 1.807) is 6.07 Å². The number of ether oxygens (including phenoxy) is 1. The van der Waals surface area contributed by atoms with E-state index >= 15 is 0 Å². The number of hydrogen-bond acceptors (Lipinski definition) is 5. The molecular weight excluding hydrogens is 292 g/mol. The quantitative estimate of drug-likeness (QED) is 0.597. The van der Waals surface area contributed by atoms with Crippen molar-refractivity contribution in [2.45, 2.75) is 17.7 Å². The summed E-state index contributed by atoms with van der Waals surface area (Å²) in [6, 6.07) is 3.16. The number of nitrogens with zero attached hydrogens (tertiary/aromatic N) is 1. The van der Waals surface area contributed by atoms with E-state index in [-0.39, 0.29) is 24.6 Å². The first-order valence-corrected chi connectivity index (χ1v) is 8.22. The van der Waals surface area contributed by atoms with Crippen LogP contribution < -0.4 is 10.5 Å². The minimum Gasteiger partial charge on any atom is -0.492 e. The van der Waals surface area contributed by atoms with Crippen LogP contribution in [0.5, 0.6) is 5.75 Å². The highest BCUT2D eigenvalue weighted by Crippen LogP contribution is 2.35. The second-order valence-electron chi connectivity index (χ2n) is 4.83. The monoisotopic (exact) mass is 312 g/mol. The molecule has 2 rings (SSSR count). The van der Waals surface area contributed by atoms with Crippen LogP contribution in [-0.4, -0.2) is 44.1 Å². The van der Waals surface area contributed by atoms with Gasteiger partial charge >= 0.3 is 0 Å². The van der Waals surface area contributed by atoms with Gasteiger partial charge in [-0.2, -0.15) is 4.31 Å². The van der Waals surface area contributed by atoms with Gasteiger partial charge in [-0.3, -0.25) is 0 Å². The number of aryl methyl sites for hydroxylation is 1. The average molecular weight is 312 g/mol. The van der Waals surface area contributed by atoms with Crippen LogP contribution in [0.2, 0.25) is 0 Å². The van der Waals surface area contributed by atoms with Gasteiger partial charge in [0.2, 0.25) is 10.0 Å². The molecule has 21 heavy (non-hydrogen) atoms. The van der Waals surface area contributed by atoms with Crippen molar-refractivity contribution >= 4 is 15.7 Å². The molecule has 0 aliphatic carbocycles. The largest absolute Gasteiger partial charge is 0.492 e. The first kappa shape index (κ1) is 15.8. The molecule has 1 heterocycles. The molecule has 6 nitrogen and oxygen atoms in total. The summed E-state index contributed by atoms with van der Waals surface area (Å²) in [5, 5.41) is 9.07. The van der Waals surface area contributed by atoms with Crippen LogP contribution in [0.1, 0.15) is 12.0 Å². The van der Waals surface area contributed by atoms with Gasteiger partial charge in [0, 0.05) is 18.8 Å². The van der Waals surface area contributed by atoms with E-state index in [1.165, 1.54) is 12.1 Å². The van der Waals surface area contributed by atoms with Crippen molar-refractivity contribution in [3.8, 4) is 5.75 Å². The van der Waals surface area contributed by atoms with E-state index in [4.69, 9.17) is 15.6 Å². The lowest BCUT2D eigenvalue weighted by atomic mass is 10.1. The number of nitrogen functional groups attached to an aromatic ring is 1. The molecule has 0 fully saturated rings. The number of benzene rings is 1. The van der Waals surface area contributed by atoms with Crippen molar-refractivity contribution in [1.82, 2.24) is 4.31 Å². The number of sulfonamides is 1. The molecule has 3 N–H and O–H groups in total. The van der Waals surface area contributed by atoms with Gasteiger partial charge in [-0.15, -0.1) is 6.58 Å². The Morgan fingerprint density at radius 2 is 2.24 bits per heavy atom. The van der Waals surface area contributed by atoms with Gasteiger partial charge in [0.15, 0.2) is 0 Å². The molecule has 0 atom stereocenters. The number of fused-ring (bicyclic) bond motifs is 1. The van der Waals surface area contributed by atoms with Gasteiger partial charge in [-0.05, 0) is 30.5 Å². The maximum absolute atomic E-state index is 12.8. The number of aliphatic hydroxyl groups excluding tert-OH is 1. The van der Waals surface area contributed by atoms with Gasteiger partial charge in [0.1, 0.15) is 10.6 Å². The summed E-state index contributed by atoms with van der Waals surface area (Å²) in [7, 11) is -3.79. The third-order valence-corrected chi connectivity index (χ3v) is 5.16. The third-order valence-electron chi connectivity index (χ3n) is 3.29. The lowest BCUT2D eigenvalue weighted by molar-refractivity contribution is 0.258. The Bertz CT molecular complexity index is 628. The van der Waals surface area contributed by atoms with E-state index in [2.05, 4.69) is 6.58 Å². The molecule has 0 bridgehead atoms. The topological polar surface area (TPSA) is 92.9 Å². The van der Waals surface area contributed by atoms with E-state index in [0.29, 0.717) is 18.0 Å². The molecule has 0 radical (unpaired) electrons. The summed E-state index contributed by atoms with van der Waals surface area (Å²) < 4.78 is 32.2. The molecule has 1 aliphatic heterocycles. The first-order valence-electron chi connectivity index (χ1n) is 6.77. The van der Waals surface area contributed by atoms with E-state index in [9.17, 15) is 8.42 Å². The molecule has 0 amide bonds.